The van der Waals surface area contributed by atoms with Crippen LogP contribution in [-0.4, -0.2) is 28.8 Å². The van der Waals surface area contributed by atoms with Gasteiger partial charge in [-0.2, -0.15) is 0 Å². The summed E-state index contributed by atoms with van der Waals surface area (Å²) in [7, 11) is 0. The maximum Gasteiger partial charge on any atom is 0.309 e. The standard InChI is InChI=1S/C37H59NO3/c1-3-4-8-18-30(19-12-6-11-17-29-15-9-5-10-16-29)26-32-22-23-33(27-31-20-13-7-14-21-31)36(34(32)24-25-38)35(28(2)39)37(40)41/h6-7,12-14,20-23,28-30,32-36,39H,3-5,8-11,15-19,24-27,38H2,1-2H3,(H,40,41). The number of hydrogen-bond donors (Lipinski definition) is 3. The maximum atomic E-state index is 12.6. The number of rotatable bonds is 18. The number of carboxylic acids is 1. The Morgan fingerprint density at radius 3 is 2.41 bits per heavy atom. The lowest BCUT2D eigenvalue weighted by Gasteiger charge is -2.44. The molecule has 2 aliphatic carbocycles. The number of carboxylic acid groups (broad SMARTS) is 1. The number of carbonyl (C=O) groups is 1. The van der Waals surface area contributed by atoms with Gasteiger partial charge in [-0.25, -0.2) is 0 Å². The molecule has 41 heavy (non-hydrogen) atoms. The van der Waals surface area contributed by atoms with Gasteiger partial charge in [-0.05, 0) is 93.1 Å². The first-order valence-electron chi connectivity index (χ1n) is 16.9. The summed E-state index contributed by atoms with van der Waals surface area (Å²) in [5.41, 5.74) is 7.40. The summed E-state index contributed by atoms with van der Waals surface area (Å²) in [6.45, 7) is 4.45. The highest BCUT2D eigenvalue weighted by Crippen LogP contribution is 2.46. The highest BCUT2D eigenvalue weighted by molar-refractivity contribution is 5.71. The van der Waals surface area contributed by atoms with Crippen LogP contribution < -0.4 is 5.73 Å². The van der Waals surface area contributed by atoms with Crippen LogP contribution in [0, 0.1) is 41.4 Å². The molecule has 7 unspecified atom stereocenters. The molecule has 0 amide bonds. The van der Waals surface area contributed by atoms with E-state index >= 15 is 0 Å². The zero-order valence-corrected chi connectivity index (χ0v) is 26.0. The SMILES string of the molecule is CCCCCC(CC=CCCC1CCCCC1)CC1C=CC(Cc2ccccc2)C(C(C(=O)O)C(C)O)C1CCN. The molecule has 4 N–H and O–H groups in total. The average Bonchev–Trinajstić information content (AvgIpc) is 2.96. The van der Waals surface area contributed by atoms with E-state index in [2.05, 4.69) is 43.4 Å². The Labute approximate surface area is 250 Å². The summed E-state index contributed by atoms with van der Waals surface area (Å²) < 4.78 is 0. The molecule has 3 rings (SSSR count). The number of hydrogen-bond acceptors (Lipinski definition) is 3. The third-order valence-corrected chi connectivity index (χ3v) is 10.1. The molecular weight excluding hydrogens is 506 g/mol. The smallest absolute Gasteiger partial charge is 0.309 e. The Kier molecular flexibility index (Phi) is 15.2. The molecular formula is C37H59NO3. The zero-order valence-electron chi connectivity index (χ0n) is 26.0. The van der Waals surface area contributed by atoms with Gasteiger partial charge in [-0.3, -0.25) is 4.79 Å². The summed E-state index contributed by atoms with van der Waals surface area (Å²) >= 11 is 0. The number of allylic oxidation sites excluding steroid dienone is 4. The van der Waals surface area contributed by atoms with Crippen molar-refractivity contribution < 1.29 is 15.0 Å². The first kappa shape index (κ1) is 33.6. The molecule has 230 valence electrons. The topological polar surface area (TPSA) is 83.5 Å². The summed E-state index contributed by atoms with van der Waals surface area (Å²) in [6.07, 6.45) is 27.0. The van der Waals surface area contributed by atoms with Crippen molar-refractivity contribution in [2.75, 3.05) is 6.54 Å². The van der Waals surface area contributed by atoms with Gasteiger partial charge < -0.3 is 15.9 Å². The summed E-state index contributed by atoms with van der Waals surface area (Å²) in [5, 5.41) is 21.0. The lowest BCUT2D eigenvalue weighted by Crippen LogP contribution is -2.45. The second-order valence-electron chi connectivity index (χ2n) is 13.2. The lowest BCUT2D eigenvalue weighted by molar-refractivity contribution is -0.151. The fraction of sp³-hybridized carbons (Fsp3) is 0.703. The Hall–Kier alpha value is -1.91. The van der Waals surface area contributed by atoms with Crippen LogP contribution in [-0.2, 0) is 11.2 Å². The van der Waals surface area contributed by atoms with E-state index < -0.39 is 18.0 Å². The van der Waals surface area contributed by atoms with Crippen LogP contribution in [0.3, 0.4) is 0 Å². The van der Waals surface area contributed by atoms with Crippen LogP contribution >= 0.6 is 0 Å². The molecule has 1 saturated carbocycles. The number of nitrogens with two attached hydrogens (primary N) is 1. The van der Waals surface area contributed by atoms with Crippen molar-refractivity contribution in [1.82, 2.24) is 0 Å². The zero-order chi connectivity index (χ0) is 29.5. The van der Waals surface area contributed by atoms with Gasteiger partial charge >= 0.3 is 5.97 Å². The first-order valence-corrected chi connectivity index (χ1v) is 16.9. The summed E-state index contributed by atoms with van der Waals surface area (Å²) in [6, 6.07) is 10.4. The van der Waals surface area contributed by atoms with Gasteiger partial charge in [0.05, 0.1) is 12.0 Å². The van der Waals surface area contributed by atoms with Crippen molar-refractivity contribution >= 4 is 5.97 Å². The quantitative estimate of drug-likeness (QED) is 0.123. The van der Waals surface area contributed by atoms with Crippen molar-refractivity contribution in [3.63, 3.8) is 0 Å². The van der Waals surface area contributed by atoms with E-state index in [1.54, 1.807) is 6.92 Å². The molecule has 4 nitrogen and oxygen atoms in total. The molecule has 4 heteroatoms. The van der Waals surface area contributed by atoms with E-state index in [1.807, 2.05) is 18.2 Å². The number of benzene rings is 1. The predicted octanol–water partition coefficient (Wildman–Crippen LogP) is 8.59. The molecule has 1 fully saturated rings. The van der Waals surface area contributed by atoms with E-state index in [0.29, 0.717) is 18.4 Å². The van der Waals surface area contributed by atoms with Gasteiger partial charge in [0.2, 0.25) is 0 Å². The molecule has 0 spiro atoms. The summed E-state index contributed by atoms with van der Waals surface area (Å²) in [4.78, 5) is 12.6. The Balaban J connectivity index is 1.77. The van der Waals surface area contributed by atoms with Crippen molar-refractivity contribution in [3.8, 4) is 0 Å². The fourth-order valence-electron chi connectivity index (χ4n) is 7.94. The van der Waals surface area contributed by atoms with Crippen molar-refractivity contribution in [2.45, 2.75) is 116 Å². The minimum Gasteiger partial charge on any atom is -0.481 e. The van der Waals surface area contributed by atoms with Crippen molar-refractivity contribution in [1.29, 1.82) is 0 Å². The normalized spacial score (nSPS) is 25.8. The Morgan fingerprint density at radius 2 is 1.76 bits per heavy atom. The van der Waals surface area contributed by atoms with Crippen LogP contribution in [0.4, 0.5) is 0 Å². The minimum absolute atomic E-state index is 0.0686. The largest absolute Gasteiger partial charge is 0.481 e. The van der Waals surface area contributed by atoms with Crippen LogP contribution in [0.15, 0.2) is 54.6 Å². The molecule has 0 bridgehead atoms. The van der Waals surface area contributed by atoms with Crippen LogP contribution in [0.25, 0.3) is 0 Å². The van der Waals surface area contributed by atoms with Gasteiger partial charge in [-0.15, -0.1) is 0 Å². The Bertz CT molecular complexity index is 904. The van der Waals surface area contributed by atoms with E-state index in [-0.39, 0.29) is 17.8 Å². The number of unbranched alkanes of at least 4 members (excludes halogenated alkanes) is 2. The molecule has 0 heterocycles. The number of aliphatic hydroxyl groups is 1. The molecule has 2 aliphatic rings. The van der Waals surface area contributed by atoms with E-state index in [4.69, 9.17) is 5.73 Å². The van der Waals surface area contributed by atoms with Crippen molar-refractivity contribution in [2.24, 2.45) is 47.2 Å². The average molecular weight is 566 g/mol. The highest BCUT2D eigenvalue weighted by Gasteiger charge is 2.45. The van der Waals surface area contributed by atoms with Gasteiger partial charge in [0.25, 0.3) is 0 Å². The van der Waals surface area contributed by atoms with Crippen molar-refractivity contribution in [3.05, 3.63) is 60.2 Å². The predicted molar refractivity (Wildman–Crippen MR) is 172 cm³/mol. The number of aliphatic carboxylic acids is 1. The van der Waals surface area contributed by atoms with Crippen LogP contribution in [0.2, 0.25) is 0 Å². The minimum atomic E-state index is -0.907. The van der Waals surface area contributed by atoms with Crippen LogP contribution in [0.5, 0.6) is 0 Å². The molecule has 0 radical (unpaired) electrons. The van der Waals surface area contributed by atoms with Gasteiger partial charge in [0.1, 0.15) is 0 Å². The summed E-state index contributed by atoms with van der Waals surface area (Å²) in [5.74, 6) is 0.188. The lowest BCUT2D eigenvalue weighted by atomic mass is 9.60. The monoisotopic (exact) mass is 565 g/mol. The van der Waals surface area contributed by atoms with E-state index in [1.165, 1.54) is 76.2 Å². The van der Waals surface area contributed by atoms with E-state index in [9.17, 15) is 15.0 Å². The fourth-order valence-corrected chi connectivity index (χ4v) is 7.94. The molecule has 0 saturated heterocycles. The highest BCUT2D eigenvalue weighted by atomic mass is 16.4. The second-order valence-corrected chi connectivity index (χ2v) is 13.2. The second kappa shape index (κ2) is 18.6. The maximum absolute atomic E-state index is 12.6. The van der Waals surface area contributed by atoms with E-state index in [0.717, 1.165) is 31.6 Å². The molecule has 1 aromatic rings. The Morgan fingerprint density at radius 1 is 1.02 bits per heavy atom. The molecule has 0 aliphatic heterocycles. The van der Waals surface area contributed by atoms with Gasteiger partial charge in [0.15, 0.2) is 0 Å². The first-order chi connectivity index (χ1) is 19.9. The van der Waals surface area contributed by atoms with Crippen LogP contribution in [0.1, 0.15) is 109 Å². The molecule has 7 atom stereocenters. The third-order valence-electron chi connectivity index (χ3n) is 10.1. The third kappa shape index (κ3) is 11.0. The van der Waals surface area contributed by atoms with Gasteiger partial charge in [0, 0.05) is 0 Å². The molecule has 0 aromatic heterocycles. The molecule has 1 aromatic carbocycles. The number of aliphatic hydroxyl groups excluding tert-OH is 1. The van der Waals surface area contributed by atoms with Gasteiger partial charge in [-0.1, -0.05) is 119 Å².